The molecule has 0 amide bonds. The van der Waals surface area contributed by atoms with Gasteiger partial charge in [0.15, 0.2) is 19.9 Å². The van der Waals surface area contributed by atoms with Gasteiger partial charge in [0.25, 0.3) is 0 Å². The Morgan fingerprint density at radius 1 is 1.06 bits per heavy atom. The fraction of sp³-hybridized carbons (Fsp3) is 1.00. The predicted molar refractivity (Wildman–Crippen MR) is 126 cm³/mol. The second-order valence-electron chi connectivity index (χ2n) is 13.0. The largest absolute Gasteiger partial charge is 0.414 e. The average molecular weight is 471 g/mol. The van der Waals surface area contributed by atoms with Gasteiger partial charge < -0.3 is 28.5 Å². The Bertz CT molecular complexity index is 705. The van der Waals surface area contributed by atoms with Gasteiger partial charge in [-0.25, -0.2) is 0 Å². The molecule has 0 aromatic carbocycles. The molecule has 8 atom stereocenters. The van der Waals surface area contributed by atoms with E-state index in [0.717, 1.165) is 25.7 Å². The Balaban J connectivity index is 1.42. The molecule has 1 N–H and O–H groups in total. The monoisotopic (exact) mass is 470 g/mol. The lowest BCUT2D eigenvalue weighted by Gasteiger charge is -2.48. The zero-order valence-corrected chi connectivity index (χ0v) is 22.7. The first-order valence-electron chi connectivity index (χ1n) is 12.7. The van der Waals surface area contributed by atoms with Crippen molar-refractivity contribution in [2.45, 2.75) is 153 Å². The smallest absolute Gasteiger partial charge is 0.192 e. The molecule has 1 spiro atoms. The maximum Gasteiger partial charge on any atom is 0.192 e. The van der Waals surface area contributed by atoms with E-state index in [4.69, 9.17) is 23.4 Å². The summed E-state index contributed by atoms with van der Waals surface area (Å²) in [4.78, 5) is 0. The maximum absolute atomic E-state index is 11.6. The van der Waals surface area contributed by atoms with Crippen LogP contribution in [0.2, 0.25) is 18.1 Å². The second kappa shape index (κ2) is 8.00. The van der Waals surface area contributed by atoms with Gasteiger partial charge in [-0.05, 0) is 64.1 Å². The van der Waals surface area contributed by atoms with Crippen molar-refractivity contribution in [3.8, 4) is 0 Å². The number of fused-ring (bicyclic) bond motifs is 3. The molecule has 4 fully saturated rings. The molecule has 0 aromatic rings. The van der Waals surface area contributed by atoms with E-state index in [1.807, 2.05) is 13.8 Å². The van der Waals surface area contributed by atoms with Crippen molar-refractivity contribution in [1.82, 2.24) is 0 Å². The van der Waals surface area contributed by atoms with Crippen molar-refractivity contribution >= 4 is 8.32 Å². The number of hydrogen-bond donors (Lipinski definition) is 1. The minimum Gasteiger partial charge on any atom is -0.414 e. The summed E-state index contributed by atoms with van der Waals surface area (Å²) >= 11 is 0. The normalized spacial score (nSPS) is 43.3. The molecule has 32 heavy (non-hydrogen) atoms. The van der Waals surface area contributed by atoms with E-state index in [1.165, 1.54) is 0 Å². The third-order valence-electron chi connectivity index (χ3n) is 8.83. The van der Waals surface area contributed by atoms with Gasteiger partial charge in [0.05, 0.1) is 18.3 Å². The lowest BCUT2D eigenvalue weighted by molar-refractivity contribution is -0.316. The Labute approximate surface area is 195 Å². The van der Waals surface area contributed by atoms with Crippen molar-refractivity contribution < 1.29 is 28.5 Å². The summed E-state index contributed by atoms with van der Waals surface area (Å²) < 4.78 is 32.1. The summed E-state index contributed by atoms with van der Waals surface area (Å²) in [7, 11) is -1.87. The third kappa shape index (κ3) is 4.60. The van der Waals surface area contributed by atoms with E-state index < -0.39 is 25.5 Å². The summed E-state index contributed by atoms with van der Waals surface area (Å²) in [6.45, 7) is 19.6. The number of ether oxygens (including phenoxy) is 4. The predicted octanol–water partition coefficient (Wildman–Crippen LogP) is 5.13. The van der Waals surface area contributed by atoms with Crippen molar-refractivity contribution in [2.24, 2.45) is 5.92 Å². The van der Waals surface area contributed by atoms with Gasteiger partial charge in [-0.15, -0.1) is 0 Å². The summed E-state index contributed by atoms with van der Waals surface area (Å²) in [6, 6.07) is 0. The van der Waals surface area contributed by atoms with Crippen LogP contribution in [0.5, 0.6) is 0 Å². The summed E-state index contributed by atoms with van der Waals surface area (Å²) in [5.74, 6) is -1.51. The van der Waals surface area contributed by atoms with Crippen LogP contribution < -0.4 is 0 Å². The quantitative estimate of drug-likeness (QED) is 0.562. The molecular formula is C25H46O6Si. The lowest BCUT2D eigenvalue weighted by Crippen LogP contribution is -2.55. The van der Waals surface area contributed by atoms with Crippen LogP contribution in [0.4, 0.5) is 0 Å². The first kappa shape index (κ1) is 25.1. The van der Waals surface area contributed by atoms with Crippen molar-refractivity contribution in [1.29, 1.82) is 0 Å². The van der Waals surface area contributed by atoms with Crippen LogP contribution in [0.1, 0.15) is 87.0 Å². The topological polar surface area (TPSA) is 66.4 Å². The molecule has 4 rings (SSSR count). The molecule has 0 unspecified atom stereocenters. The summed E-state index contributed by atoms with van der Waals surface area (Å²) in [5.41, 5.74) is -0.442. The molecule has 0 radical (unpaired) electrons. The molecule has 186 valence electrons. The van der Waals surface area contributed by atoms with Crippen LogP contribution in [-0.2, 0) is 23.4 Å². The van der Waals surface area contributed by atoms with Crippen LogP contribution in [-0.4, -0.2) is 61.1 Å². The third-order valence-corrected chi connectivity index (χ3v) is 13.4. The lowest BCUT2D eigenvalue weighted by atomic mass is 9.81. The highest BCUT2D eigenvalue weighted by molar-refractivity contribution is 6.74. The second-order valence-corrected chi connectivity index (χ2v) is 17.7. The molecule has 7 heteroatoms. The van der Waals surface area contributed by atoms with Gasteiger partial charge >= 0.3 is 0 Å². The molecule has 1 saturated carbocycles. The first-order chi connectivity index (χ1) is 14.5. The van der Waals surface area contributed by atoms with Gasteiger partial charge in [0.1, 0.15) is 11.7 Å². The highest BCUT2D eigenvalue weighted by Crippen LogP contribution is 2.53. The molecule has 3 heterocycles. The molecule has 1 aliphatic carbocycles. The van der Waals surface area contributed by atoms with Gasteiger partial charge in [-0.1, -0.05) is 27.7 Å². The molecular weight excluding hydrogens is 424 g/mol. The van der Waals surface area contributed by atoms with E-state index in [2.05, 4.69) is 47.7 Å². The average Bonchev–Trinajstić information content (AvgIpc) is 3.10. The van der Waals surface area contributed by atoms with Gasteiger partial charge in [-0.2, -0.15) is 0 Å². The Morgan fingerprint density at radius 3 is 2.41 bits per heavy atom. The highest BCUT2D eigenvalue weighted by atomic mass is 28.4. The number of aliphatic hydroxyl groups is 1. The van der Waals surface area contributed by atoms with Gasteiger partial charge in [0, 0.05) is 25.4 Å². The van der Waals surface area contributed by atoms with Crippen LogP contribution in [0.15, 0.2) is 0 Å². The fourth-order valence-corrected chi connectivity index (χ4v) is 7.46. The summed E-state index contributed by atoms with van der Waals surface area (Å²) in [6.07, 6.45) is 4.52. The van der Waals surface area contributed by atoms with Gasteiger partial charge in [0.2, 0.25) is 0 Å². The molecule has 3 aliphatic heterocycles. The van der Waals surface area contributed by atoms with Crippen LogP contribution in [0, 0.1) is 5.92 Å². The standard InChI is InChI=1S/C25H46O6Si/c1-16(17(2)30-32(8,9)22(3,4)5)14-25(26)13-11-20-24(31-25)12-10-18-21(19(15-24)27-20)29-23(6,7)28-18/h16-21,26H,10-15H2,1-9H3/t16-,17+,18-,19-,20+,21-,24+,25+/m1/s1. The fourth-order valence-electron chi connectivity index (χ4n) is 5.95. The molecule has 6 nitrogen and oxygen atoms in total. The highest BCUT2D eigenvalue weighted by Gasteiger charge is 2.62. The zero-order chi connectivity index (χ0) is 23.7. The van der Waals surface area contributed by atoms with E-state index in [1.54, 1.807) is 0 Å². The van der Waals surface area contributed by atoms with E-state index >= 15 is 0 Å². The Hall–Kier alpha value is -0.0231. The minimum absolute atomic E-state index is 0.0252. The van der Waals surface area contributed by atoms with E-state index in [9.17, 15) is 5.11 Å². The first-order valence-corrected chi connectivity index (χ1v) is 15.6. The molecule has 4 aliphatic rings. The molecule has 2 bridgehead atoms. The number of hydrogen-bond acceptors (Lipinski definition) is 6. The van der Waals surface area contributed by atoms with Crippen LogP contribution >= 0.6 is 0 Å². The maximum atomic E-state index is 11.6. The van der Waals surface area contributed by atoms with Crippen molar-refractivity contribution in [3.63, 3.8) is 0 Å². The van der Waals surface area contributed by atoms with E-state index in [-0.39, 0.29) is 41.5 Å². The zero-order valence-electron chi connectivity index (χ0n) is 21.7. The van der Waals surface area contributed by atoms with Crippen molar-refractivity contribution in [2.75, 3.05) is 0 Å². The van der Waals surface area contributed by atoms with Crippen LogP contribution in [0.3, 0.4) is 0 Å². The molecule has 0 aromatic heterocycles. The Kier molecular flexibility index (Phi) is 6.27. The molecule has 3 saturated heterocycles. The van der Waals surface area contributed by atoms with Crippen LogP contribution in [0.25, 0.3) is 0 Å². The van der Waals surface area contributed by atoms with E-state index in [0.29, 0.717) is 12.8 Å². The number of rotatable bonds is 5. The minimum atomic E-state index is -1.87. The summed E-state index contributed by atoms with van der Waals surface area (Å²) in [5, 5.41) is 11.8. The Morgan fingerprint density at radius 2 is 1.75 bits per heavy atom. The van der Waals surface area contributed by atoms with Gasteiger partial charge in [-0.3, -0.25) is 0 Å². The SMILES string of the molecule is C[C@H](C[C@]1(O)CC[C@@H]2O[C@@H]3C[C@]2(CC[C@H]2OC(C)(C)O[C@@H]32)O1)[C@H](C)O[Si](C)(C)C(C)(C)C. The van der Waals surface area contributed by atoms with Crippen molar-refractivity contribution in [3.05, 3.63) is 0 Å².